The summed E-state index contributed by atoms with van der Waals surface area (Å²) in [6.07, 6.45) is 0.756. The second-order valence-electron chi connectivity index (χ2n) is 7.62. The Morgan fingerprint density at radius 1 is 1.17 bits per heavy atom. The number of hydrogen-bond donors (Lipinski definition) is 1. The third kappa shape index (κ3) is 3.03. The fourth-order valence-electron chi connectivity index (χ4n) is 4.12. The molecular formula is C22H23N3O4. The van der Waals surface area contributed by atoms with Crippen LogP contribution in [0.3, 0.4) is 0 Å². The van der Waals surface area contributed by atoms with Crippen molar-refractivity contribution in [2.45, 2.75) is 31.8 Å². The lowest BCUT2D eigenvalue weighted by atomic mass is 9.92. The zero-order chi connectivity index (χ0) is 20.8. The second-order valence-corrected chi connectivity index (χ2v) is 7.62. The second kappa shape index (κ2) is 6.92. The number of methoxy groups -OCH3 is 1. The van der Waals surface area contributed by atoms with Crippen molar-refractivity contribution >= 4 is 23.5 Å². The molecule has 1 fully saturated rings. The molecule has 0 unspecified atom stereocenters. The Kier molecular flexibility index (Phi) is 4.53. The maximum absolute atomic E-state index is 13.1. The predicted octanol–water partition coefficient (Wildman–Crippen LogP) is 2.44. The number of carbonyl (C=O) groups is 3. The maximum Gasteiger partial charge on any atom is 0.325 e. The van der Waals surface area contributed by atoms with Gasteiger partial charge in [0, 0.05) is 11.7 Å². The topological polar surface area (TPSA) is 79.0 Å². The van der Waals surface area contributed by atoms with Crippen LogP contribution < -0.4 is 15.0 Å². The van der Waals surface area contributed by atoms with Crippen molar-refractivity contribution in [3.63, 3.8) is 0 Å². The first-order valence-corrected chi connectivity index (χ1v) is 9.54. The van der Waals surface area contributed by atoms with Gasteiger partial charge in [-0.3, -0.25) is 14.5 Å². The molecule has 150 valence electrons. The van der Waals surface area contributed by atoms with Gasteiger partial charge in [-0.15, -0.1) is 0 Å². The normalized spacial score (nSPS) is 23.2. The first-order valence-electron chi connectivity index (χ1n) is 9.54. The molecule has 2 atom stereocenters. The summed E-state index contributed by atoms with van der Waals surface area (Å²) < 4.78 is 5.15. The molecule has 2 aliphatic heterocycles. The minimum Gasteiger partial charge on any atom is -0.497 e. The SMILES string of the molecule is COc1ccc([C@@]2(C)NC(=O)N(CC(=O)N3c4ccccc4C[C@@H]3C)C2=O)cc1. The van der Waals surface area contributed by atoms with Gasteiger partial charge in [-0.05, 0) is 49.6 Å². The molecule has 0 radical (unpaired) electrons. The Bertz CT molecular complexity index is 988. The molecule has 0 spiro atoms. The zero-order valence-electron chi connectivity index (χ0n) is 16.6. The number of nitrogens with one attached hydrogen (secondary N) is 1. The van der Waals surface area contributed by atoms with Crippen LogP contribution in [0.15, 0.2) is 48.5 Å². The van der Waals surface area contributed by atoms with Gasteiger partial charge in [0.1, 0.15) is 17.8 Å². The average molecular weight is 393 g/mol. The number of nitrogens with zero attached hydrogens (tertiary/aromatic N) is 2. The van der Waals surface area contributed by atoms with Crippen LogP contribution in [0.1, 0.15) is 25.0 Å². The van der Waals surface area contributed by atoms with Crippen molar-refractivity contribution in [3.8, 4) is 5.75 Å². The van der Waals surface area contributed by atoms with Crippen LogP contribution in [0, 0.1) is 0 Å². The number of imide groups is 1. The molecule has 29 heavy (non-hydrogen) atoms. The lowest BCUT2D eigenvalue weighted by molar-refractivity contribution is -0.134. The molecule has 4 amide bonds. The number of fused-ring (bicyclic) bond motifs is 1. The molecular weight excluding hydrogens is 370 g/mol. The smallest absolute Gasteiger partial charge is 0.325 e. The van der Waals surface area contributed by atoms with E-state index in [0.29, 0.717) is 11.3 Å². The summed E-state index contributed by atoms with van der Waals surface area (Å²) in [5, 5.41) is 2.74. The molecule has 0 aromatic heterocycles. The van der Waals surface area contributed by atoms with E-state index in [1.165, 1.54) is 0 Å². The number of ether oxygens (including phenoxy) is 1. The van der Waals surface area contributed by atoms with Gasteiger partial charge in [-0.25, -0.2) is 4.79 Å². The molecule has 0 saturated carbocycles. The van der Waals surface area contributed by atoms with Crippen LogP contribution in [-0.2, 0) is 21.5 Å². The van der Waals surface area contributed by atoms with Crippen LogP contribution in [0.5, 0.6) is 5.75 Å². The van der Waals surface area contributed by atoms with E-state index in [1.807, 2.05) is 31.2 Å². The summed E-state index contributed by atoms with van der Waals surface area (Å²) in [6, 6.07) is 14.1. The number of benzene rings is 2. The monoisotopic (exact) mass is 393 g/mol. The molecule has 1 N–H and O–H groups in total. The third-order valence-corrected chi connectivity index (χ3v) is 5.71. The Labute approximate surface area is 169 Å². The summed E-state index contributed by atoms with van der Waals surface area (Å²) in [7, 11) is 1.56. The fraction of sp³-hybridized carbons (Fsp3) is 0.318. The van der Waals surface area contributed by atoms with Crippen molar-refractivity contribution in [3.05, 3.63) is 59.7 Å². The molecule has 0 aliphatic carbocycles. The number of carbonyl (C=O) groups excluding carboxylic acids is 3. The van der Waals surface area contributed by atoms with Crippen LogP contribution in [-0.4, -0.2) is 42.4 Å². The first-order chi connectivity index (χ1) is 13.8. The first kappa shape index (κ1) is 19.0. The highest BCUT2D eigenvalue weighted by atomic mass is 16.5. The van der Waals surface area contributed by atoms with Crippen molar-refractivity contribution in [2.75, 3.05) is 18.6 Å². The molecule has 2 aliphatic rings. The molecule has 2 aromatic carbocycles. The fourth-order valence-corrected chi connectivity index (χ4v) is 4.12. The number of amides is 4. The van der Waals surface area contributed by atoms with Crippen molar-refractivity contribution in [1.82, 2.24) is 10.2 Å². The van der Waals surface area contributed by atoms with Gasteiger partial charge >= 0.3 is 6.03 Å². The van der Waals surface area contributed by atoms with Crippen molar-refractivity contribution < 1.29 is 19.1 Å². The predicted molar refractivity (Wildman–Crippen MR) is 108 cm³/mol. The minimum atomic E-state index is -1.22. The molecule has 0 bridgehead atoms. The van der Waals surface area contributed by atoms with Gasteiger partial charge in [0.2, 0.25) is 5.91 Å². The molecule has 1 saturated heterocycles. The van der Waals surface area contributed by atoms with E-state index in [1.54, 1.807) is 43.2 Å². The summed E-state index contributed by atoms with van der Waals surface area (Å²) in [5.74, 6) is -0.0612. The largest absolute Gasteiger partial charge is 0.497 e. The van der Waals surface area contributed by atoms with Crippen LogP contribution in [0.4, 0.5) is 10.5 Å². The molecule has 4 rings (SSSR count). The number of rotatable bonds is 4. The minimum absolute atomic E-state index is 0.0198. The Hall–Kier alpha value is -3.35. The number of hydrogen-bond acceptors (Lipinski definition) is 4. The summed E-state index contributed by atoms with van der Waals surface area (Å²) in [6.45, 7) is 3.31. The zero-order valence-corrected chi connectivity index (χ0v) is 16.6. The Morgan fingerprint density at radius 2 is 1.86 bits per heavy atom. The Balaban J connectivity index is 1.56. The van der Waals surface area contributed by atoms with E-state index in [0.717, 1.165) is 22.6 Å². The quantitative estimate of drug-likeness (QED) is 0.810. The van der Waals surface area contributed by atoms with Gasteiger partial charge in [0.25, 0.3) is 5.91 Å². The third-order valence-electron chi connectivity index (χ3n) is 5.71. The van der Waals surface area contributed by atoms with E-state index in [9.17, 15) is 14.4 Å². The Morgan fingerprint density at radius 3 is 2.55 bits per heavy atom. The summed E-state index contributed by atoms with van der Waals surface area (Å²) in [5.41, 5.74) is 1.34. The lowest BCUT2D eigenvalue weighted by Crippen LogP contribution is -2.46. The van der Waals surface area contributed by atoms with E-state index in [4.69, 9.17) is 4.74 Å². The molecule has 7 heteroatoms. The van der Waals surface area contributed by atoms with Crippen LogP contribution in [0.25, 0.3) is 0 Å². The standard InChI is InChI=1S/C22H23N3O4/c1-14-12-15-6-4-5-7-18(15)25(14)19(26)13-24-20(27)22(2,23-21(24)28)16-8-10-17(29-3)11-9-16/h4-11,14H,12-13H2,1-3H3,(H,23,28)/t14-,22+/m0/s1. The van der Waals surface area contributed by atoms with Gasteiger partial charge in [-0.1, -0.05) is 30.3 Å². The highest BCUT2D eigenvalue weighted by molar-refractivity contribution is 6.10. The van der Waals surface area contributed by atoms with Gasteiger partial charge in [0.15, 0.2) is 0 Å². The van der Waals surface area contributed by atoms with E-state index in [-0.39, 0.29) is 18.5 Å². The number of urea groups is 1. The number of para-hydroxylation sites is 1. The van der Waals surface area contributed by atoms with Gasteiger partial charge in [0.05, 0.1) is 7.11 Å². The highest BCUT2D eigenvalue weighted by Crippen LogP contribution is 2.33. The number of anilines is 1. The maximum atomic E-state index is 13.1. The molecule has 2 heterocycles. The van der Waals surface area contributed by atoms with Crippen LogP contribution >= 0.6 is 0 Å². The summed E-state index contributed by atoms with van der Waals surface area (Å²) in [4.78, 5) is 41.4. The van der Waals surface area contributed by atoms with Gasteiger partial charge < -0.3 is 15.0 Å². The van der Waals surface area contributed by atoms with Crippen LogP contribution in [0.2, 0.25) is 0 Å². The van der Waals surface area contributed by atoms with Crippen molar-refractivity contribution in [2.24, 2.45) is 0 Å². The average Bonchev–Trinajstić information content (AvgIpc) is 3.16. The highest BCUT2D eigenvalue weighted by Gasteiger charge is 2.50. The van der Waals surface area contributed by atoms with E-state index < -0.39 is 17.5 Å². The lowest BCUT2D eigenvalue weighted by Gasteiger charge is -2.25. The van der Waals surface area contributed by atoms with E-state index >= 15 is 0 Å². The van der Waals surface area contributed by atoms with Crippen molar-refractivity contribution in [1.29, 1.82) is 0 Å². The molecule has 2 aromatic rings. The van der Waals surface area contributed by atoms with Gasteiger partial charge in [-0.2, -0.15) is 0 Å². The van der Waals surface area contributed by atoms with E-state index in [2.05, 4.69) is 5.32 Å². The summed E-state index contributed by atoms with van der Waals surface area (Å²) >= 11 is 0. The molecule has 7 nitrogen and oxygen atoms in total.